The summed E-state index contributed by atoms with van der Waals surface area (Å²) in [5, 5.41) is 38.1. The van der Waals surface area contributed by atoms with Crippen LogP contribution in [0.3, 0.4) is 0 Å². The molecule has 0 spiro atoms. The Morgan fingerprint density at radius 2 is 1.96 bits per heavy atom. The summed E-state index contributed by atoms with van der Waals surface area (Å²) in [4.78, 5) is 0. The van der Waals surface area contributed by atoms with E-state index in [-0.39, 0.29) is 5.90 Å². The van der Waals surface area contributed by atoms with Crippen LogP contribution in [0.1, 0.15) is 51.9 Å². The minimum Gasteiger partial charge on any atom is -0.447 e. The van der Waals surface area contributed by atoms with E-state index in [1.807, 2.05) is 6.92 Å². The maximum atomic E-state index is 9.99. The number of unbranched alkanes of at least 4 members (excludes halogenated alkanes) is 1. The molecule has 4 atom stereocenters. The largest absolute Gasteiger partial charge is 0.447 e. The Hall–Kier alpha value is -2.10. The van der Waals surface area contributed by atoms with Crippen LogP contribution in [0, 0.1) is 56.2 Å². The third kappa shape index (κ3) is 1.66. The molecular formula is C17H20N4O2. The monoisotopic (exact) mass is 312 g/mol. The minimum absolute atomic E-state index is 0.256. The van der Waals surface area contributed by atoms with Crippen LogP contribution in [0.25, 0.3) is 0 Å². The van der Waals surface area contributed by atoms with E-state index >= 15 is 0 Å². The standard InChI is InChI=1S/C17H20N4O2/c1-2-3-7-13-15(9-18,10-19)16(11-20)12-6-4-5-8-17(12,22-13)23-14(16)21/h12-13,21H,2-8H2,1H3/t12-,13+,16+,17-/m1/s1. The van der Waals surface area contributed by atoms with Gasteiger partial charge >= 0.3 is 0 Å². The van der Waals surface area contributed by atoms with E-state index in [0.717, 1.165) is 25.7 Å². The quantitative estimate of drug-likeness (QED) is 0.860. The van der Waals surface area contributed by atoms with Crippen molar-refractivity contribution in [3.05, 3.63) is 0 Å². The molecule has 120 valence electrons. The molecule has 2 saturated heterocycles. The van der Waals surface area contributed by atoms with Crippen LogP contribution in [0.15, 0.2) is 0 Å². The molecule has 1 N–H and O–H groups in total. The highest BCUT2D eigenvalue weighted by molar-refractivity contribution is 5.89. The van der Waals surface area contributed by atoms with Crippen molar-refractivity contribution in [1.29, 1.82) is 21.2 Å². The van der Waals surface area contributed by atoms with Crippen molar-refractivity contribution in [2.45, 2.75) is 63.8 Å². The van der Waals surface area contributed by atoms with Crippen molar-refractivity contribution in [2.75, 3.05) is 0 Å². The highest BCUT2D eigenvalue weighted by atomic mass is 16.7. The average molecular weight is 312 g/mol. The van der Waals surface area contributed by atoms with Crippen LogP contribution in [-0.4, -0.2) is 17.8 Å². The normalized spacial score (nSPS) is 40.2. The van der Waals surface area contributed by atoms with Gasteiger partial charge in [-0.2, -0.15) is 15.8 Å². The van der Waals surface area contributed by atoms with Crippen molar-refractivity contribution in [1.82, 2.24) is 0 Å². The number of nitrogens with zero attached hydrogens (tertiary/aromatic N) is 3. The fourth-order valence-electron chi connectivity index (χ4n) is 4.62. The number of nitrogens with one attached hydrogen (secondary N) is 1. The molecule has 23 heavy (non-hydrogen) atoms. The lowest BCUT2D eigenvalue weighted by Gasteiger charge is -2.51. The molecule has 3 rings (SSSR count). The van der Waals surface area contributed by atoms with Crippen LogP contribution in [0.2, 0.25) is 0 Å². The minimum atomic E-state index is -1.68. The lowest BCUT2D eigenvalue weighted by atomic mass is 9.51. The van der Waals surface area contributed by atoms with E-state index in [4.69, 9.17) is 14.9 Å². The van der Waals surface area contributed by atoms with Gasteiger partial charge in [-0.25, -0.2) is 0 Å². The number of hydrogen-bond acceptors (Lipinski definition) is 6. The molecule has 0 amide bonds. The predicted molar refractivity (Wildman–Crippen MR) is 79.6 cm³/mol. The van der Waals surface area contributed by atoms with Crippen molar-refractivity contribution in [2.24, 2.45) is 16.7 Å². The molecule has 1 aliphatic carbocycles. The molecule has 0 aromatic heterocycles. The number of hydrogen-bond donors (Lipinski definition) is 1. The smallest absolute Gasteiger partial charge is 0.217 e. The van der Waals surface area contributed by atoms with Gasteiger partial charge in [0, 0.05) is 6.42 Å². The van der Waals surface area contributed by atoms with Gasteiger partial charge in [-0.05, 0) is 19.3 Å². The lowest BCUT2D eigenvalue weighted by Crippen LogP contribution is -2.63. The van der Waals surface area contributed by atoms with Crippen molar-refractivity contribution < 1.29 is 9.47 Å². The molecule has 0 aromatic rings. The van der Waals surface area contributed by atoms with Gasteiger partial charge in [0.2, 0.25) is 11.7 Å². The fraction of sp³-hybridized carbons (Fsp3) is 0.765. The first kappa shape index (κ1) is 15.8. The molecule has 3 fully saturated rings. The van der Waals surface area contributed by atoms with Crippen LogP contribution >= 0.6 is 0 Å². The molecule has 2 heterocycles. The maximum Gasteiger partial charge on any atom is 0.217 e. The van der Waals surface area contributed by atoms with E-state index in [1.165, 1.54) is 0 Å². The zero-order valence-electron chi connectivity index (χ0n) is 13.3. The van der Waals surface area contributed by atoms with Gasteiger partial charge in [-0.1, -0.05) is 26.2 Å². The Bertz CT molecular complexity index is 641. The third-order valence-electron chi connectivity index (χ3n) is 5.75. The molecule has 0 unspecified atom stereocenters. The topological polar surface area (TPSA) is 114 Å². The summed E-state index contributed by atoms with van der Waals surface area (Å²) < 4.78 is 12.0. The molecule has 2 bridgehead atoms. The highest BCUT2D eigenvalue weighted by Gasteiger charge is 2.79. The van der Waals surface area contributed by atoms with Crippen LogP contribution in [-0.2, 0) is 9.47 Å². The molecule has 6 heteroatoms. The first-order chi connectivity index (χ1) is 11.1. The van der Waals surface area contributed by atoms with Gasteiger partial charge in [0.05, 0.1) is 30.2 Å². The second-order valence-corrected chi connectivity index (χ2v) is 6.74. The van der Waals surface area contributed by atoms with Crippen molar-refractivity contribution >= 4 is 5.90 Å². The van der Waals surface area contributed by atoms with E-state index in [1.54, 1.807) is 0 Å². The summed E-state index contributed by atoms with van der Waals surface area (Å²) in [6.07, 6.45) is 4.56. The molecule has 6 nitrogen and oxygen atoms in total. The van der Waals surface area contributed by atoms with Gasteiger partial charge in [-0.15, -0.1) is 0 Å². The molecule has 0 aromatic carbocycles. The van der Waals surface area contributed by atoms with Gasteiger partial charge in [-0.3, -0.25) is 5.41 Å². The second kappa shape index (κ2) is 5.22. The zero-order chi connectivity index (χ0) is 16.7. The summed E-state index contributed by atoms with van der Waals surface area (Å²) in [5.74, 6) is -1.67. The average Bonchev–Trinajstić information content (AvgIpc) is 2.78. The van der Waals surface area contributed by atoms with E-state index in [9.17, 15) is 15.8 Å². The summed E-state index contributed by atoms with van der Waals surface area (Å²) >= 11 is 0. The Labute approximate surface area is 136 Å². The fourth-order valence-corrected chi connectivity index (χ4v) is 4.62. The van der Waals surface area contributed by atoms with E-state index in [0.29, 0.717) is 19.3 Å². The van der Waals surface area contributed by atoms with Crippen molar-refractivity contribution in [3.63, 3.8) is 0 Å². The first-order valence-electron chi connectivity index (χ1n) is 8.26. The van der Waals surface area contributed by atoms with Gasteiger partial charge in [0.15, 0.2) is 10.8 Å². The lowest BCUT2D eigenvalue weighted by molar-refractivity contribution is -0.292. The SMILES string of the molecule is CCCC[C@@H]1O[C@@]23CCCC[C@@H]2[C@@](C#N)(C(=N)O3)C1(C#N)C#N. The Morgan fingerprint density at radius 1 is 1.22 bits per heavy atom. The molecule has 2 aliphatic heterocycles. The molecular weight excluding hydrogens is 292 g/mol. The number of rotatable bonds is 3. The van der Waals surface area contributed by atoms with Crippen LogP contribution < -0.4 is 0 Å². The van der Waals surface area contributed by atoms with Gasteiger partial charge < -0.3 is 9.47 Å². The number of ether oxygens (including phenoxy) is 2. The zero-order valence-corrected chi connectivity index (χ0v) is 13.3. The molecule has 0 radical (unpaired) electrons. The summed E-state index contributed by atoms with van der Waals surface area (Å²) in [5.41, 5.74) is -3.20. The maximum absolute atomic E-state index is 9.99. The van der Waals surface area contributed by atoms with Gasteiger partial charge in [0.1, 0.15) is 0 Å². The molecule has 1 saturated carbocycles. The highest BCUT2D eigenvalue weighted by Crippen LogP contribution is 2.66. The second-order valence-electron chi connectivity index (χ2n) is 6.74. The summed E-state index contributed by atoms with van der Waals surface area (Å²) in [7, 11) is 0. The Kier molecular flexibility index (Phi) is 3.58. The van der Waals surface area contributed by atoms with Crippen molar-refractivity contribution in [3.8, 4) is 18.2 Å². The van der Waals surface area contributed by atoms with E-state index < -0.39 is 28.6 Å². The van der Waals surface area contributed by atoms with E-state index in [2.05, 4.69) is 18.2 Å². The number of nitriles is 3. The third-order valence-corrected chi connectivity index (χ3v) is 5.75. The Morgan fingerprint density at radius 3 is 2.57 bits per heavy atom. The first-order valence-corrected chi connectivity index (χ1v) is 8.26. The predicted octanol–water partition coefficient (Wildman–Crippen LogP) is 3.01. The molecule has 3 aliphatic rings. The van der Waals surface area contributed by atoms with Crippen LogP contribution in [0.4, 0.5) is 0 Å². The summed E-state index contributed by atoms with van der Waals surface area (Å²) in [6.45, 7) is 2.03. The van der Waals surface area contributed by atoms with Crippen LogP contribution in [0.5, 0.6) is 0 Å². The van der Waals surface area contributed by atoms with Gasteiger partial charge in [0.25, 0.3) is 0 Å². The Balaban J connectivity index is 2.20. The summed E-state index contributed by atoms with van der Waals surface area (Å²) in [6, 6.07) is 6.33.